The molecule has 0 aliphatic heterocycles. The molecule has 0 aromatic heterocycles. The third kappa shape index (κ3) is 6.77. The first kappa shape index (κ1) is 51.9. The molecule has 356 valence electrons. The van der Waals surface area contributed by atoms with Crippen LogP contribution in [-0.4, -0.2) is 79.8 Å². The normalized spacial score (nSPS) is 54.2. The van der Waals surface area contributed by atoms with E-state index < -0.39 is 11.9 Å². The van der Waals surface area contributed by atoms with Gasteiger partial charge in [0.2, 0.25) is 0 Å². The molecule has 0 heterocycles. The fraction of sp³-hybridized carbons (Fsp3) is 0.963. The summed E-state index contributed by atoms with van der Waals surface area (Å²) in [6, 6.07) is 0. The number of hydrogen-bond donors (Lipinski definition) is 4. The third-order valence-corrected chi connectivity index (χ3v) is 25.7. The predicted octanol–water partition coefficient (Wildman–Crippen LogP) is 8.25. The second-order valence-corrected chi connectivity index (χ2v) is 26.2. The van der Waals surface area contributed by atoms with Gasteiger partial charge in [-0.05, 0) is 207 Å². The number of carbonyl (C=O) groups is 2. The summed E-state index contributed by atoms with van der Waals surface area (Å²) in [5.74, 6) is 0.355. The van der Waals surface area contributed by atoms with Crippen LogP contribution < -0.4 is 10.2 Å². The van der Waals surface area contributed by atoms with Gasteiger partial charge in [-0.25, -0.2) is 0 Å². The number of carboxylic acid groups (broad SMARTS) is 2. The molecule has 0 spiro atoms. The van der Waals surface area contributed by atoms with Crippen LogP contribution in [0.25, 0.3) is 0 Å². The molecule has 8 fully saturated rings. The van der Waals surface area contributed by atoms with Crippen molar-refractivity contribution >= 4 is 35.0 Å². The van der Waals surface area contributed by atoms with Gasteiger partial charge in [0.15, 0.2) is 0 Å². The number of carboxylic acids is 2. The van der Waals surface area contributed by atoms with Crippen molar-refractivity contribution in [1.29, 1.82) is 0 Å². The molecule has 8 aliphatic carbocycles. The van der Waals surface area contributed by atoms with Gasteiger partial charge in [-0.1, -0.05) is 83.1 Å². The second kappa shape index (κ2) is 16.9. The quantitative estimate of drug-likeness (QED) is 0.177. The molecule has 0 saturated heterocycles. The fourth-order valence-corrected chi connectivity index (χ4v) is 20.4. The summed E-state index contributed by atoms with van der Waals surface area (Å²) in [6.45, 7) is 28.9. The van der Waals surface area contributed by atoms with Gasteiger partial charge >= 0.3 is 23.1 Å². The molecule has 0 aromatic carbocycles. The molecule has 4 N–H and O–H groups in total. The molecule has 8 rings (SSSR count). The summed E-state index contributed by atoms with van der Waals surface area (Å²) in [6.07, 6.45) is 16.8. The Morgan fingerprint density at radius 1 is 0.492 bits per heavy atom. The zero-order chi connectivity index (χ0) is 46.1. The summed E-state index contributed by atoms with van der Waals surface area (Å²) >= 11 is 0. The van der Waals surface area contributed by atoms with Crippen LogP contribution >= 0.6 is 0 Å². The van der Waals surface area contributed by atoms with Crippen LogP contribution in [0.5, 0.6) is 0 Å². The molecular weight excluding hydrogens is 801 g/mol. The van der Waals surface area contributed by atoms with Crippen molar-refractivity contribution < 1.29 is 40.2 Å². The molecule has 0 radical (unpaired) electrons. The van der Waals surface area contributed by atoms with Crippen LogP contribution in [0.1, 0.15) is 212 Å². The predicted molar refractivity (Wildman–Crippen MR) is 245 cm³/mol. The van der Waals surface area contributed by atoms with Gasteiger partial charge < -0.3 is 40.2 Å². The summed E-state index contributed by atoms with van der Waals surface area (Å²) in [4.78, 5) is 22.2. The largest absolute Gasteiger partial charge is 2.00 e. The van der Waals surface area contributed by atoms with Gasteiger partial charge in [-0.15, -0.1) is 0 Å². The molecule has 20 atom stereocenters. The maximum atomic E-state index is 11.9. The van der Waals surface area contributed by atoms with Gasteiger partial charge in [-0.3, -0.25) is 0 Å². The average molecular weight is 892 g/mol. The van der Waals surface area contributed by atoms with Crippen molar-refractivity contribution in [3.63, 3.8) is 0 Å². The Bertz CT molecular complexity index is 1600. The Hall–Kier alpha value is -0.454. The van der Waals surface area contributed by atoms with Gasteiger partial charge in [0, 0.05) is 22.8 Å². The monoisotopic (exact) mass is 891 g/mol. The smallest absolute Gasteiger partial charge is 0.550 e. The fourth-order valence-electron chi connectivity index (χ4n) is 20.4. The van der Waals surface area contributed by atoms with Gasteiger partial charge in [0.1, 0.15) is 0 Å². The van der Waals surface area contributed by atoms with E-state index in [-0.39, 0.29) is 126 Å². The molecule has 8 saturated carbocycles. The number of hydrogen-bond acceptors (Lipinski definition) is 8. The third-order valence-electron chi connectivity index (χ3n) is 25.7. The van der Waals surface area contributed by atoms with E-state index in [2.05, 4.69) is 83.1 Å². The SMILES string of the molecule is C[C@H](CCC(=O)[O-])[C@H]1CC[C@]2(C)[C@]1(C)[C@@H](O)C[C@@]1(C)[C@@]2(C)CC[C@@H]2C[C@H](O)CC[C@@]21C.C[C@H](CCC(=O)[O-])[C@H]1CC[C@]2(C)[C@]1(C)[C@@H](O)C[C@@]1(C)[C@@]2(C)CC[C@@H]2C[C@H](O)CC[C@@]21C.[Mg+2]. The molecule has 0 aromatic rings. The van der Waals surface area contributed by atoms with E-state index in [9.17, 15) is 40.2 Å². The molecule has 9 heteroatoms. The van der Waals surface area contributed by atoms with E-state index in [1.54, 1.807) is 0 Å². The zero-order valence-corrected chi connectivity index (χ0v) is 43.5. The maximum Gasteiger partial charge on any atom is 2.00 e. The molecular formula is C54H90MgO8. The minimum atomic E-state index is -0.966. The topological polar surface area (TPSA) is 161 Å². The molecule has 63 heavy (non-hydrogen) atoms. The van der Waals surface area contributed by atoms with E-state index in [4.69, 9.17) is 0 Å². The number of rotatable bonds is 8. The summed E-state index contributed by atoms with van der Waals surface area (Å²) < 4.78 is 0. The molecule has 8 aliphatic rings. The van der Waals surface area contributed by atoms with Gasteiger partial charge in [-0.2, -0.15) is 0 Å². The Labute approximate surface area is 398 Å². The van der Waals surface area contributed by atoms with E-state index >= 15 is 0 Å². The first-order chi connectivity index (χ1) is 28.5. The Morgan fingerprint density at radius 3 is 1.13 bits per heavy atom. The van der Waals surface area contributed by atoms with E-state index in [1.165, 1.54) is 12.8 Å². The molecule has 0 unspecified atom stereocenters. The maximum absolute atomic E-state index is 11.9. The summed E-state index contributed by atoms with van der Waals surface area (Å²) in [5, 5.41) is 66.8. The van der Waals surface area contributed by atoms with Gasteiger partial charge in [0.05, 0.1) is 24.4 Å². The number of fused-ring (bicyclic) bond motifs is 10. The van der Waals surface area contributed by atoms with Crippen molar-refractivity contribution in [3.05, 3.63) is 0 Å². The number of aliphatic carboxylic acids is 2. The van der Waals surface area contributed by atoms with Crippen LogP contribution in [0.3, 0.4) is 0 Å². The summed E-state index contributed by atoms with van der Waals surface area (Å²) in [5.41, 5.74) is 0.183. The standard InChI is InChI=1S/2C27H46O4.Mg/c2*1-17(7-8-22(30)31)20-11-14-25(4)24(3)13-9-18-15-19(28)10-12-23(18,2)26(24,5)16-21(29)27(20,25)6;/h2*17-21,28-29H,7-16H2,1-6H3,(H,30,31);/q;;+2/p-2/t2*17-,18-,19-,20-,21+,23+,24+,25+,26-,27+;/m11./s1. The number of aliphatic hydroxyl groups excluding tert-OH is 4. The molecule has 8 nitrogen and oxygen atoms in total. The van der Waals surface area contributed by atoms with E-state index in [0.717, 1.165) is 89.9 Å². The van der Waals surface area contributed by atoms with Crippen molar-refractivity contribution in [1.82, 2.24) is 0 Å². The number of carbonyl (C=O) groups excluding carboxylic acids is 2. The van der Waals surface area contributed by atoms with Crippen molar-refractivity contribution in [2.45, 2.75) is 236 Å². The minimum Gasteiger partial charge on any atom is -0.550 e. The van der Waals surface area contributed by atoms with Gasteiger partial charge in [0.25, 0.3) is 0 Å². The Morgan fingerprint density at radius 2 is 0.810 bits per heavy atom. The average Bonchev–Trinajstić information content (AvgIpc) is 3.66. The van der Waals surface area contributed by atoms with Crippen LogP contribution in [-0.2, 0) is 9.59 Å². The van der Waals surface area contributed by atoms with Crippen LogP contribution in [0.15, 0.2) is 0 Å². The van der Waals surface area contributed by atoms with Crippen molar-refractivity contribution in [2.24, 2.45) is 89.7 Å². The van der Waals surface area contributed by atoms with E-state index in [1.807, 2.05) is 0 Å². The minimum absolute atomic E-state index is 0. The zero-order valence-electron chi connectivity index (χ0n) is 42.0. The van der Waals surface area contributed by atoms with E-state index in [0.29, 0.717) is 36.5 Å². The number of aliphatic hydroxyl groups is 4. The van der Waals surface area contributed by atoms with Crippen LogP contribution in [0, 0.1) is 89.7 Å². The van der Waals surface area contributed by atoms with Crippen molar-refractivity contribution in [2.75, 3.05) is 0 Å². The van der Waals surface area contributed by atoms with Crippen LogP contribution in [0.2, 0.25) is 0 Å². The van der Waals surface area contributed by atoms with Crippen LogP contribution in [0.4, 0.5) is 0 Å². The Balaban J connectivity index is 0.000000206. The first-order valence-corrected chi connectivity index (χ1v) is 25.7. The van der Waals surface area contributed by atoms with Crippen molar-refractivity contribution in [3.8, 4) is 0 Å². The molecule has 0 amide bonds. The molecule has 0 bridgehead atoms. The summed E-state index contributed by atoms with van der Waals surface area (Å²) in [7, 11) is 0. The first-order valence-electron chi connectivity index (χ1n) is 25.7. The Kier molecular flexibility index (Phi) is 13.9. The second-order valence-electron chi connectivity index (χ2n) is 26.2.